The number of carbonyl (C=O) groups excluding carboxylic acids is 1. The minimum absolute atomic E-state index is 0.101. The number of ether oxygens (including phenoxy) is 1. The summed E-state index contributed by atoms with van der Waals surface area (Å²) in [6.45, 7) is 0.977. The van der Waals surface area contributed by atoms with Crippen molar-refractivity contribution in [3.8, 4) is 5.75 Å². The van der Waals surface area contributed by atoms with Gasteiger partial charge in [-0.05, 0) is 54.1 Å². The Kier molecular flexibility index (Phi) is 6.86. The van der Waals surface area contributed by atoms with Crippen molar-refractivity contribution in [1.29, 1.82) is 0 Å². The summed E-state index contributed by atoms with van der Waals surface area (Å²) in [5.74, 6) is -0.503. The summed E-state index contributed by atoms with van der Waals surface area (Å²) >= 11 is 0. The monoisotopic (exact) mass is 433 g/mol. The Labute approximate surface area is 173 Å². The molecule has 0 aliphatic heterocycles. The van der Waals surface area contributed by atoms with Crippen LogP contribution in [0.2, 0.25) is 0 Å². The minimum Gasteiger partial charge on any atom is -0.459 e. The fourth-order valence-corrected chi connectivity index (χ4v) is 3.59. The van der Waals surface area contributed by atoms with E-state index in [1.54, 1.807) is 36.3 Å². The van der Waals surface area contributed by atoms with Crippen LogP contribution >= 0.6 is 0 Å². The van der Waals surface area contributed by atoms with Gasteiger partial charge in [0.25, 0.3) is 5.91 Å². The lowest BCUT2D eigenvalue weighted by Gasteiger charge is -2.21. The first-order valence-electron chi connectivity index (χ1n) is 9.00. The number of nitrogens with zero attached hydrogens (tertiary/aromatic N) is 1. The van der Waals surface area contributed by atoms with Gasteiger partial charge in [-0.2, -0.15) is 8.42 Å². The van der Waals surface area contributed by atoms with E-state index in [2.05, 4.69) is 0 Å². The molecule has 3 aromatic rings. The quantitative estimate of drug-likeness (QED) is 0.481. The summed E-state index contributed by atoms with van der Waals surface area (Å²) in [6, 6.07) is 13.9. The van der Waals surface area contributed by atoms with Gasteiger partial charge in [-0.3, -0.25) is 4.79 Å². The summed E-state index contributed by atoms with van der Waals surface area (Å²) in [6.07, 6.45) is 1.43. The first-order valence-corrected chi connectivity index (χ1v) is 10.4. The number of hydrogen-bond acceptors (Lipinski definition) is 6. The van der Waals surface area contributed by atoms with Crippen molar-refractivity contribution in [3.63, 3.8) is 0 Å². The van der Waals surface area contributed by atoms with E-state index >= 15 is 0 Å². The molecular weight excluding hydrogens is 413 g/mol. The molecule has 2 aromatic carbocycles. The zero-order valence-corrected chi connectivity index (χ0v) is 17.0. The molecule has 1 aromatic heterocycles. The normalized spacial score (nSPS) is 11.3. The maximum absolute atomic E-state index is 13.0. The molecule has 9 heteroatoms. The molecule has 0 atom stereocenters. The Morgan fingerprint density at radius 3 is 2.37 bits per heavy atom. The summed E-state index contributed by atoms with van der Waals surface area (Å²) in [5, 5.41) is 0. The predicted octanol–water partition coefficient (Wildman–Crippen LogP) is 3.48. The number of methoxy groups -OCH3 is 1. The molecule has 1 amide bonds. The molecule has 0 radical (unpaired) electrons. The second kappa shape index (κ2) is 9.55. The number of carbonyl (C=O) groups is 1. The van der Waals surface area contributed by atoms with E-state index in [0.717, 1.165) is 29.8 Å². The Hall–Kier alpha value is -3.17. The van der Waals surface area contributed by atoms with Crippen molar-refractivity contribution in [2.24, 2.45) is 0 Å². The van der Waals surface area contributed by atoms with E-state index in [-0.39, 0.29) is 28.9 Å². The molecule has 0 unspecified atom stereocenters. The van der Waals surface area contributed by atoms with Crippen molar-refractivity contribution in [2.45, 2.75) is 11.4 Å². The topological polar surface area (TPSA) is 86.0 Å². The summed E-state index contributed by atoms with van der Waals surface area (Å²) in [7, 11) is -2.54. The minimum atomic E-state index is -4.08. The van der Waals surface area contributed by atoms with Gasteiger partial charge in [0.05, 0.1) is 12.9 Å². The smallest absolute Gasteiger partial charge is 0.339 e. The third-order valence-electron chi connectivity index (χ3n) is 4.19. The summed E-state index contributed by atoms with van der Waals surface area (Å²) in [5.41, 5.74) is 0.762. The zero-order valence-electron chi connectivity index (χ0n) is 16.2. The van der Waals surface area contributed by atoms with Gasteiger partial charge in [-0.15, -0.1) is 0 Å². The van der Waals surface area contributed by atoms with Gasteiger partial charge >= 0.3 is 10.1 Å². The second-order valence-corrected chi connectivity index (χ2v) is 7.88. The van der Waals surface area contributed by atoms with Crippen LogP contribution in [0.15, 0.2) is 76.2 Å². The number of rotatable bonds is 9. The van der Waals surface area contributed by atoms with Crippen LogP contribution in [0, 0.1) is 5.82 Å². The van der Waals surface area contributed by atoms with Gasteiger partial charge in [0.2, 0.25) is 0 Å². The molecule has 0 N–H and O–H groups in total. The molecule has 0 saturated heterocycles. The van der Waals surface area contributed by atoms with Crippen LogP contribution in [0.3, 0.4) is 0 Å². The van der Waals surface area contributed by atoms with Crippen molar-refractivity contribution in [3.05, 3.63) is 84.1 Å². The average molecular weight is 433 g/mol. The lowest BCUT2D eigenvalue weighted by atomic mass is 10.2. The highest BCUT2D eigenvalue weighted by Crippen LogP contribution is 2.20. The average Bonchev–Trinajstić information content (AvgIpc) is 3.27. The molecule has 0 aliphatic rings. The number of amides is 1. The van der Waals surface area contributed by atoms with Gasteiger partial charge in [-0.1, -0.05) is 12.1 Å². The SMILES string of the molecule is COCCN(Cc1ccc(OS(=O)(=O)c2ccc(F)cc2)cc1)C(=O)c1ccco1. The Morgan fingerprint density at radius 1 is 1.07 bits per heavy atom. The molecule has 158 valence electrons. The largest absolute Gasteiger partial charge is 0.459 e. The maximum atomic E-state index is 13.0. The molecule has 0 aliphatic carbocycles. The van der Waals surface area contributed by atoms with Gasteiger partial charge < -0.3 is 18.2 Å². The number of halogens is 1. The maximum Gasteiger partial charge on any atom is 0.339 e. The van der Waals surface area contributed by atoms with Gasteiger partial charge in [0.15, 0.2) is 5.76 Å². The van der Waals surface area contributed by atoms with Crippen LogP contribution in [0.5, 0.6) is 5.75 Å². The van der Waals surface area contributed by atoms with Crippen molar-refractivity contribution >= 4 is 16.0 Å². The molecular formula is C21H20FNO6S. The van der Waals surface area contributed by atoms with Crippen LogP contribution < -0.4 is 4.18 Å². The van der Waals surface area contributed by atoms with Crippen LogP contribution in [0.1, 0.15) is 16.1 Å². The zero-order chi connectivity index (χ0) is 21.6. The van der Waals surface area contributed by atoms with Gasteiger partial charge in [0, 0.05) is 20.2 Å². The van der Waals surface area contributed by atoms with Crippen molar-refractivity contribution < 1.29 is 30.9 Å². The molecule has 0 bridgehead atoms. The van der Waals surface area contributed by atoms with Crippen LogP contribution in [-0.2, 0) is 21.4 Å². The fraction of sp³-hybridized carbons (Fsp3) is 0.190. The predicted molar refractivity (Wildman–Crippen MR) is 106 cm³/mol. The number of hydrogen-bond donors (Lipinski definition) is 0. The van der Waals surface area contributed by atoms with E-state index in [0.29, 0.717) is 13.2 Å². The highest BCUT2D eigenvalue weighted by Gasteiger charge is 2.19. The van der Waals surface area contributed by atoms with E-state index in [1.165, 1.54) is 18.4 Å². The molecule has 0 fully saturated rings. The van der Waals surface area contributed by atoms with E-state index in [1.807, 2.05) is 0 Å². The Bertz CT molecular complexity index is 1060. The highest BCUT2D eigenvalue weighted by molar-refractivity contribution is 7.87. The molecule has 7 nitrogen and oxygen atoms in total. The van der Waals surface area contributed by atoms with E-state index in [4.69, 9.17) is 13.3 Å². The van der Waals surface area contributed by atoms with Crippen LogP contribution in [0.25, 0.3) is 0 Å². The molecule has 0 saturated carbocycles. The first-order chi connectivity index (χ1) is 14.4. The molecule has 3 rings (SSSR count). The van der Waals surface area contributed by atoms with Crippen molar-refractivity contribution in [1.82, 2.24) is 4.90 Å². The summed E-state index contributed by atoms with van der Waals surface area (Å²) < 4.78 is 52.9. The van der Waals surface area contributed by atoms with Gasteiger partial charge in [-0.25, -0.2) is 4.39 Å². The van der Waals surface area contributed by atoms with Crippen molar-refractivity contribution in [2.75, 3.05) is 20.3 Å². The van der Waals surface area contributed by atoms with Gasteiger partial charge in [0.1, 0.15) is 16.5 Å². The highest BCUT2D eigenvalue weighted by atomic mass is 32.2. The Balaban J connectivity index is 1.70. The number of furan rings is 1. The second-order valence-electron chi connectivity index (χ2n) is 6.33. The first kappa shape index (κ1) is 21.5. The third kappa shape index (κ3) is 5.46. The lowest BCUT2D eigenvalue weighted by molar-refractivity contribution is 0.0649. The van der Waals surface area contributed by atoms with Crippen LogP contribution in [-0.4, -0.2) is 39.5 Å². The Morgan fingerprint density at radius 2 is 1.77 bits per heavy atom. The fourth-order valence-electron chi connectivity index (χ4n) is 2.66. The molecule has 30 heavy (non-hydrogen) atoms. The van der Waals surface area contributed by atoms with E-state index < -0.39 is 15.9 Å². The number of benzene rings is 2. The third-order valence-corrected chi connectivity index (χ3v) is 5.45. The lowest BCUT2D eigenvalue weighted by Crippen LogP contribution is -2.33. The van der Waals surface area contributed by atoms with E-state index in [9.17, 15) is 17.6 Å². The standard InChI is InChI=1S/C21H20FNO6S/c1-27-14-12-23(21(24)20-3-2-13-28-20)15-16-4-8-18(9-5-16)29-30(25,26)19-10-6-17(22)7-11-19/h2-11,13H,12,14-15H2,1H3. The molecule has 1 heterocycles. The molecule has 0 spiro atoms. The van der Waals surface area contributed by atoms with Crippen LogP contribution in [0.4, 0.5) is 4.39 Å². The summed E-state index contributed by atoms with van der Waals surface area (Å²) in [4.78, 5) is 14.0.